The van der Waals surface area contributed by atoms with E-state index in [0.29, 0.717) is 29.2 Å². The molecule has 4 aromatic carbocycles. The van der Waals surface area contributed by atoms with Gasteiger partial charge in [-0.15, -0.1) is 0 Å². The molecular weight excluding hydrogens is 476 g/mol. The van der Waals surface area contributed by atoms with Crippen molar-refractivity contribution in [1.29, 1.82) is 0 Å². The molecule has 0 aliphatic heterocycles. The number of ether oxygens (including phenoxy) is 2. The van der Waals surface area contributed by atoms with Gasteiger partial charge in [-0.25, -0.2) is 9.59 Å². The molecule has 5 nitrogen and oxygen atoms in total. The summed E-state index contributed by atoms with van der Waals surface area (Å²) in [6.07, 6.45) is -0.171. The summed E-state index contributed by atoms with van der Waals surface area (Å²) in [6, 6.07) is 31.3. The number of carboxylic acids is 1. The number of rotatable bonds is 10. The number of benzene rings is 4. The van der Waals surface area contributed by atoms with Crippen LogP contribution in [0.15, 0.2) is 103 Å². The van der Waals surface area contributed by atoms with Gasteiger partial charge in [0, 0.05) is 5.02 Å². The molecule has 0 aromatic heterocycles. The molecule has 0 aliphatic carbocycles. The molecule has 0 aliphatic rings. The zero-order valence-electron chi connectivity index (χ0n) is 19.5. The molecule has 0 amide bonds. The summed E-state index contributed by atoms with van der Waals surface area (Å²) in [5.41, 5.74) is 4.40. The van der Waals surface area contributed by atoms with Gasteiger partial charge >= 0.3 is 11.9 Å². The number of aliphatic carboxylic acids is 1. The Kier molecular flexibility index (Phi) is 8.37. The van der Waals surface area contributed by atoms with Crippen LogP contribution in [0.3, 0.4) is 0 Å². The van der Waals surface area contributed by atoms with E-state index in [-0.39, 0.29) is 6.61 Å². The summed E-state index contributed by atoms with van der Waals surface area (Å²) in [5, 5.41) is 10.3. The molecule has 1 N–H and O–H groups in total. The van der Waals surface area contributed by atoms with Crippen molar-refractivity contribution in [3.05, 3.63) is 125 Å². The van der Waals surface area contributed by atoms with Crippen LogP contribution in [-0.2, 0) is 22.6 Å². The second-order valence-electron chi connectivity index (χ2n) is 8.27. The zero-order chi connectivity index (χ0) is 25.3. The number of carboxylic acid groups (broad SMARTS) is 1. The quantitative estimate of drug-likeness (QED) is 0.242. The zero-order valence-corrected chi connectivity index (χ0v) is 20.2. The molecule has 0 spiro atoms. The summed E-state index contributed by atoms with van der Waals surface area (Å²) in [7, 11) is 0. The van der Waals surface area contributed by atoms with Crippen molar-refractivity contribution in [2.45, 2.75) is 25.6 Å². The van der Waals surface area contributed by atoms with Gasteiger partial charge in [0.05, 0.1) is 5.56 Å². The van der Waals surface area contributed by atoms with Crippen molar-refractivity contribution >= 4 is 23.5 Å². The van der Waals surface area contributed by atoms with E-state index in [4.69, 9.17) is 21.1 Å². The Hall–Kier alpha value is -4.09. The van der Waals surface area contributed by atoms with E-state index in [2.05, 4.69) is 0 Å². The molecule has 0 saturated carbocycles. The lowest BCUT2D eigenvalue weighted by molar-refractivity contribution is -0.145. The number of esters is 1. The largest absolute Gasteiger partial charge is 0.479 e. The molecule has 4 aromatic rings. The Balaban J connectivity index is 1.31. The van der Waals surface area contributed by atoms with Gasteiger partial charge in [-0.1, -0.05) is 78.3 Å². The lowest BCUT2D eigenvalue weighted by Crippen LogP contribution is -2.27. The van der Waals surface area contributed by atoms with Gasteiger partial charge in [0.15, 0.2) is 6.10 Å². The first kappa shape index (κ1) is 25.0. The highest BCUT2D eigenvalue weighted by Crippen LogP contribution is 2.23. The van der Waals surface area contributed by atoms with Gasteiger partial charge in [-0.05, 0) is 71.5 Å². The van der Waals surface area contributed by atoms with E-state index in [1.165, 1.54) is 0 Å². The number of hydrogen-bond acceptors (Lipinski definition) is 4. The Bertz CT molecular complexity index is 1280. The SMILES string of the molecule is O=C(OCc1ccccc1)c1ccc(OC(CCc2ccc(-c3ccc(Cl)cc3)cc2)C(=O)O)cc1. The van der Waals surface area contributed by atoms with Gasteiger partial charge in [0.25, 0.3) is 0 Å². The molecule has 4 rings (SSSR count). The van der Waals surface area contributed by atoms with Gasteiger partial charge in [-0.3, -0.25) is 0 Å². The molecule has 0 heterocycles. The summed E-state index contributed by atoms with van der Waals surface area (Å²) < 4.78 is 11.0. The molecular formula is C30H25ClO5. The van der Waals surface area contributed by atoms with Crippen molar-refractivity contribution in [3.63, 3.8) is 0 Å². The van der Waals surface area contributed by atoms with Crippen molar-refractivity contribution in [2.75, 3.05) is 0 Å². The van der Waals surface area contributed by atoms with Crippen molar-refractivity contribution in [1.82, 2.24) is 0 Å². The maximum atomic E-state index is 12.3. The number of aryl methyl sites for hydroxylation is 1. The van der Waals surface area contributed by atoms with Crippen LogP contribution in [0, 0.1) is 0 Å². The van der Waals surface area contributed by atoms with Gasteiger partial charge in [0.2, 0.25) is 0 Å². The van der Waals surface area contributed by atoms with E-state index in [1.807, 2.05) is 78.9 Å². The number of hydrogen-bond donors (Lipinski definition) is 1. The van der Waals surface area contributed by atoms with Crippen LogP contribution in [-0.4, -0.2) is 23.1 Å². The van der Waals surface area contributed by atoms with E-state index < -0.39 is 18.0 Å². The molecule has 0 bridgehead atoms. The summed E-state index contributed by atoms with van der Waals surface area (Å²) in [5.74, 6) is -1.12. The van der Waals surface area contributed by atoms with Crippen molar-refractivity contribution in [2.24, 2.45) is 0 Å². The Morgan fingerprint density at radius 3 is 1.97 bits per heavy atom. The molecule has 0 radical (unpaired) electrons. The minimum Gasteiger partial charge on any atom is -0.479 e. The molecule has 0 fully saturated rings. The Labute approximate surface area is 214 Å². The second kappa shape index (κ2) is 12.0. The highest BCUT2D eigenvalue weighted by Gasteiger charge is 2.20. The molecule has 1 atom stereocenters. The lowest BCUT2D eigenvalue weighted by Gasteiger charge is -2.15. The molecule has 182 valence electrons. The maximum absolute atomic E-state index is 12.3. The van der Waals surface area contributed by atoms with Crippen LogP contribution < -0.4 is 4.74 Å². The Morgan fingerprint density at radius 1 is 0.750 bits per heavy atom. The number of carbonyl (C=O) groups is 2. The normalized spacial score (nSPS) is 11.5. The number of carbonyl (C=O) groups excluding carboxylic acids is 1. The van der Waals surface area contributed by atoms with E-state index in [1.54, 1.807) is 24.3 Å². The first-order chi connectivity index (χ1) is 17.5. The van der Waals surface area contributed by atoms with Crippen molar-refractivity contribution < 1.29 is 24.2 Å². The lowest BCUT2D eigenvalue weighted by atomic mass is 10.0. The van der Waals surface area contributed by atoms with Crippen LogP contribution in [0.5, 0.6) is 5.75 Å². The standard InChI is InChI=1S/C30H25ClO5/c31-26-15-11-24(12-16-26)23-9-6-21(7-10-23)8-19-28(29(32)33)36-27-17-13-25(14-18-27)30(34)35-20-22-4-2-1-3-5-22/h1-7,9-18,28H,8,19-20H2,(H,32,33). The highest BCUT2D eigenvalue weighted by molar-refractivity contribution is 6.30. The summed E-state index contributed by atoms with van der Waals surface area (Å²) in [4.78, 5) is 24.1. The molecule has 36 heavy (non-hydrogen) atoms. The minimum absolute atomic E-state index is 0.180. The van der Waals surface area contributed by atoms with Crippen LogP contribution in [0.1, 0.15) is 27.9 Å². The van der Waals surface area contributed by atoms with Gasteiger partial charge in [-0.2, -0.15) is 0 Å². The van der Waals surface area contributed by atoms with Crippen LogP contribution in [0.4, 0.5) is 0 Å². The van der Waals surface area contributed by atoms with E-state index in [0.717, 1.165) is 22.3 Å². The molecule has 6 heteroatoms. The highest BCUT2D eigenvalue weighted by atomic mass is 35.5. The molecule has 1 unspecified atom stereocenters. The monoisotopic (exact) mass is 500 g/mol. The van der Waals surface area contributed by atoms with Gasteiger partial charge in [0.1, 0.15) is 12.4 Å². The summed E-state index contributed by atoms with van der Waals surface area (Å²) in [6.45, 7) is 0.180. The van der Waals surface area contributed by atoms with E-state index in [9.17, 15) is 14.7 Å². The molecule has 0 saturated heterocycles. The average Bonchev–Trinajstić information content (AvgIpc) is 2.91. The Morgan fingerprint density at radius 2 is 1.36 bits per heavy atom. The second-order valence-corrected chi connectivity index (χ2v) is 8.71. The fourth-order valence-corrected chi connectivity index (χ4v) is 3.80. The average molecular weight is 501 g/mol. The fraction of sp³-hybridized carbons (Fsp3) is 0.133. The topological polar surface area (TPSA) is 72.8 Å². The van der Waals surface area contributed by atoms with E-state index >= 15 is 0 Å². The maximum Gasteiger partial charge on any atom is 0.344 e. The minimum atomic E-state index is -1.04. The van der Waals surface area contributed by atoms with Crippen molar-refractivity contribution in [3.8, 4) is 16.9 Å². The summed E-state index contributed by atoms with van der Waals surface area (Å²) >= 11 is 5.95. The van der Waals surface area contributed by atoms with Crippen LogP contribution >= 0.6 is 11.6 Å². The predicted molar refractivity (Wildman–Crippen MR) is 139 cm³/mol. The first-order valence-corrected chi connectivity index (χ1v) is 11.9. The predicted octanol–water partition coefficient (Wildman–Crippen LogP) is 6.83. The third-order valence-corrected chi connectivity index (χ3v) is 5.94. The smallest absolute Gasteiger partial charge is 0.344 e. The third kappa shape index (κ3) is 6.96. The first-order valence-electron chi connectivity index (χ1n) is 11.5. The number of halogens is 1. The van der Waals surface area contributed by atoms with Crippen LogP contribution in [0.2, 0.25) is 5.02 Å². The fourth-order valence-electron chi connectivity index (χ4n) is 3.68. The van der Waals surface area contributed by atoms with Gasteiger partial charge < -0.3 is 14.6 Å². The van der Waals surface area contributed by atoms with Crippen LogP contribution in [0.25, 0.3) is 11.1 Å². The third-order valence-electron chi connectivity index (χ3n) is 5.68.